The summed E-state index contributed by atoms with van der Waals surface area (Å²) in [6.07, 6.45) is 4.18. The summed E-state index contributed by atoms with van der Waals surface area (Å²) >= 11 is 0. The van der Waals surface area contributed by atoms with E-state index in [0.717, 1.165) is 12.3 Å². The molecule has 0 spiro atoms. The SMILES string of the molecule is CC1C[C@H](CC(N)=O)CC(C)(C)C1. The van der Waals surface area contributed by atoms with E-state index in [4.69, 9.17) is 5.73 Å². The minimum absolute atomic E-state index is 0.144. The number of primary amides is 1. The largest absolute Gasteiger partial charge is 0.370 e. The second kappa shape index (κ2) is 3.69. The van der Waals surface area contributed by atoms with Crippen LogP contribution in [0.3, 0.4) is 0 Å². The van der Waals surface area contributed by atoms with Crippen molar-refractivity contribution >= 4 is 5.91 Å². The monoisotopic (exact) mass is 183 g/mol. The first-order valence-electron chi connectivity index (χ1n) is 5.17. The first-order chi connectivity index (χ1) is 5.89. The van der Waals surface area contributed by atoms with Crippen molar-refractivity contribution in [2.75, 3.05) is 0 Å². The van der Waals surface area contributed by atoms with Gasteiger partial charge in [0.1, 0.15) is 0 Å². The smallest absolute Gasteiger partial charge is 0.217 e. The molecule has 13 heavy (non-hydrogen) atoms. The molecule has 0 aromatic carbocycles. The standard InChI is InChI=1S/C11H21NO/c1-8-4-9(5-10(12)13)7-11(2,3)6-8/h8-9H,4-7H2,1-3H3,(H2,12,13)/t8?,9-/m1/s1. The molecule has 0 bridgehead atoms. The summed E-state index contributed by atoms with van der Waals surface area (Å²) < 4.78 is 0. The van der Waals surface area contributed by atoms with E-state index in [-0.39, 0.29) is 5.91 Å². The van der Waals surface area contributed by atoms with Crippen molar-refractivity contribution in [3.63, 3.8) is 0 Å². The third-order valence-electron chi connectivity index (χ3n) is 2.97. The Bertz CT molecular complexity index is 198. The molecule has 1 unspecified atom stereocenters. The second-order valence-electron chi connectivity index (χ2n) is 5.45. The maximum absolute atomic E-state index is 10.8. The molecular formula is C11H21NO. The Balaban J connectivity index is 2.52. The van der Waals surface area contributed by atoms with Crippen molar-refractivity contribution in [3.8, 4) is 0 Å². The lowest BCUT2D eigenvalue weighted by Gasteiger charge is -2.38. The van der Waals surface area contributed by atoms with Crippen LogP contribution in [0.2, 0.25) is 0 Å². The van der Waals surface area contributed by atoms with Gasteiger partial charge < -0.3 is 5.73 Å². The number of carbonyl (C=O) groups is 1. The first-order valence-corrected chi connectivity index (χ1v) is 5.17. The van der Waals surface area contributed by atoms with E-state index >= 15 is 0 Å². The molecule has 1 fully saturated rings. The van der Waals surface area contributed by atoms with E-state index in [0.29, 0.717) is 17.8 Å². The van der Waals surface area contributed by atoms with Crippen LogP contribution in [0.5, 0.6) is 0 Å². The van der Waals surface area contributed by atoms with Gasteiger partial charge in [-0.1, -0.05) is 20.8 Å². The number of hydrogen-bond donors (Lipinski definition) is 1. The van der Waals surface area contributed by atoms with Gasteiger partial charge >= 0.3 is 0 Å². The van der Waals surface area contributed by atoms with Gasteiger partial charge in [-0.2, -0.15) is 0 Å². The Labute approximate surface area is 80.9 Å². The summed E-state index contributed by atoms with van der Waals surface area (Å²) in [5.41, 5.74) is 5.62. The molecule has 1 aliphatic rings. The number of carbonyl (C=O) groups excluding carboxylic acids is 1. The number of nitrogens with two attached hydrogens (primary N) is 1. The molecule has 1 rings (SSSR count). The number of rotatable bonds is 2. The molecule has 0 saturated heterocycles. The Morgan fingerprint density at radius 2 is 2.08 bits per heavy atom. The van der Waals surface area contributed by atoms with Crippen LogP contribution in [0.4, 0.5) is 0 Å². The third kappa shape index (κ3) is 3.37. The zero-order valence-electron chi connectivity index (χ0n) is 8.97. The molecule has 1 saturated carbocycles. The van der Waals surface area contributed by atoms with Gasteiger partial charge in [0.25, 0.3) is 0 Å². The van der Waals surface area contributed by atoms with Crippen molar-refractivity contribution in [1.29, 1.82) is 0 Å². The topological polar surface area (TPSA) is 43.1 Å². The van der Waals surface area contributed by atoms with Crippen LogP contribution in [-0.2, 0) is 4.79 Å². The minimum Gasteiger partial charge on any atom is -0.370 e. The van der Waals surface area contributed by atoms with Gasteiger partial charge in [0.2, 0.25) is 5.91 Å². The fourth-order valence-corrected chi connectivity index (χ4v) is 2.98. The number of amides is 1. The molecule has 0 radical (unpaired) electrons. The lowest BCUT2D eigenvalue weighted by molar-refractivity contribution is -0.119. The van der Waals surface area contributed by atoms with Crippen molar-refractivity contribution in [2.24, 2.45) is 23.0 Å². The van der Waals surface area contributed by atoms with Crippen LogP contribution >= 0.6 is 0 Å². The van der Waals surface area contributed by atoms with Crippen LogP contribution in [0.1, 0.15) is 46.5 Å². The average Bonchev–Trinajstić information content (AvgIpc) is 1.78. The summed E-state index contributed by atoms with van der Waals surface area (Å²) in [6.45, 7) is 6.85. The van der Waals surface area contributed by atoms with Gasteiger partial charge in [0.05, 0.1) is 0 Å². The lowest BCUT2D eigenvalue weighted by Crippen LogP contribution is -2.30. The fourth-order valence-electron chi connectivity index (χ4n) is 2.98. The Hall–Kier alpha value is -0.530. The first kappa shape index (κ1) is 10.6. The Morgan fingerprint density at radius 1 is 1.46 bits per heavy atom. The molecule has 0 aliphatic heterocycles. The maximum Gasteiger partial charge on any atom is 0.217 e. The predicted molar refractivity (Wildman–Crippen MR) is 54.1 cm³/mol. The van der Waals surface area contributed by atoms with E-state index in [1.165, 1.54) is 12.8 Å². The second-order valence-corrected chi connectivity index (χ2v) is 5.45. The van der Waals surface area contributed by atoms with Crippen LogP contribution in [0, 0.1) is 17.3 Å². The minimum atomic E-state index is -0.144. The molecule has 2 nitrogen and oxygen atoms in total. The van der Waals surface area contributed by atoms with E-state index in [2.05, 4.69) is 20.8 Å². The third-order valence-corrected chi connectivity index (χ3v) is 2.97. The van der Waals surface area contributed by atoms with Crippen LogP contribution in [0.25, 0.3) is 0 Å². The highest BCUT2D eigenvalue weighted by Gasteiger charge is 2.32. The molecule has 0 aromatic rings. The number of hydrogen-bond acceptors (Lipinski definition) is 1. The molecule has 2 heteroatoms. The van der Waals surface area contributed by atoms with E-state index in [1.54, 1.807) is 0 Å². The lowest BCUT2D eigenvalue weighted by atomic mass is 9.67. The van der Waals surface area contributed by atoms with Crippen molar-refractivity contribution < 1.29 is 4.79 Å². The van der Waals surface area contributed by atoms with Crippen molar-refractivity contribution in [2.45, 2.75) is 46.5 Å². The van der Waals surface area contributed by atoms with Crippen molar-refractivity contribution in [3.05, 3.63) is 0 Å². The van der Waals surface area contributed by atoms with Gasteiger partial charge in [-0.25, -0.2) is 0 Å². The van der Waals surface area contributed by atoms with Gasteiger partial charge in [-0.3, -0.25) is 4.79 Å². The summed E-state index contributed by atoms with van der Waals surface area (Å²) in [6, 6.07) is 0. The average molecular weight is 183 g/mol. The normalized spacial score (nSPS) is 32.8. The summed E-state index contributed by atoms with van der Waals surface area (Å²) in [7, 11) is 0. The molecular weight excluding hydrogens is 162 g/mol. The van der Waals surface area contributed by atoms with Crippen LogP contribution in [-0.4, -0.2) is 5.91 Å². The summed E-state index contributed by atoms with van der Waals surface area (Å²) in [5, 5.41) is 0. The molecule has 0 heterocycles. The molecule has 1 amide bonds. The van der Waals surface area contributed by atoms with E-state index in [9.17, 15) is 4.79 Å². The van der Waals surface area contributed by atoms with Gasteiger partial charge in [-0.05, 0) is 36.5 Å². The van der Waals surface area contributed by atoms with Gasteiger partial charge in [0, 0.05) is 6.42 Å². The van der Waals surface area contributed by atoms with Crippen molar-refractivity contribution in [1.82, 2.24) is 0 Å². The van der Waals surface area contributed by atoms with Crippen LogP contribution in [0.15, 0.2) is 0 Å². The molecule has 76 valence electrons. The van der Waals surface area contributed by atoms with Gasteiger partial charge in [0.15, 0.2) is 0 Å². The zero-order valence-corrected chi connectivity index (χ0v) is 8.97. The van der Waals surface area contributed by atoms with Gasteiger partial charge in [-0.15, -0.1) is 0 Å². The Kier molecular flexibility index (Phi) is 2.99. The molecule has 1 aliphatic carbocycles. The highest BCUT2D eigenvalue weighted by Crippen LogP contribution is 2.42. The highest BCUT2D eigenvalue weighted by molar-refractivity contribution is 5.74. The van der Waals surface area contributed by atoms with Crippen LogP contribution < -0.4 is 5.73 Å². The maximum atomic E-state index is 10.8. The molecule has 0 aromatic heterocycles. The quantitative estimate of drug-likeness (QED) is 0.701. The summed E-state index contributed by atoms with van der Waals surface area (Å²) in [4.78, 5) is 10.8. The van der Waals surface area contributed by atoms with E-state index in [1.807, 2.05) is 0 Å². The molecule has 2 atom stereocenters. The molecule has 2 N–H and O–H groups in total. The summed E-state index contributed by atoms with van der Waals surface area (Å²) in [5.74, 6) is 1.12. The Morgan fingerprint density at radius 3 is 2.54 bits per heavy atom. The van der Waals surface area contributed by atoms with E-state index < -0.39 is 0 Å². The predicted octanol–water partition coefficient (Wildman–Crippen LogP) is 2.32. The fraction of sp³-hybridized carbons (Fsp3) is 0.909. The highest BCUT2D eigenvalue weighted by atomic mass is 16.1. The zero-order chi connectivity index (χ0) is 10.1.